The molecule has 1 aromatic rings. The van der Waals surface area contributed by atoms with Crippen molar-refractivity contribution in [3.8, 4) is 0 Å². The Bertz CT molecular complexity index is 733. The van der Waals surface area contributed by atoms with Gasteiger partial charge in [-0.2, -0.15) is 0 Å². The molecule has 158 valence electrons. The number of allylic oxidation sites excluding steroid dienone is 2. The molecule has 2 heterocycles. The van der Waals surface area contributed by atoms with Crippen LogP contribution in [0.25, 0.3) is 0 Å². The first-order chi connectivity index (χ1) is 13.8. The van der Waals surface area contributed by atoms with Crippen LogP contribution < -0.4 is 10.2 Å². The van der Waals surface area contributed by atoms with E-state index < -0.39 is 0 Å². The third-order valence-corrected chi connectivity index (χ3v) is 6.31. The van der Waals surface area contributed by atoms with Gasteiger partial charge in [0.2, 0.25) is 11.8 Å². The zero-order chi connectivity index (χ0) is 21.0. The number of aromatic nitrogens is 1. The molecular formula is C23H34N4O2. The van der Waals surface area contributed by atoms with Crippen molar-refractivity contribution in [1.29, 1.82) is 0 Å². The molecule has 1 fully saturated rings. The average molecular weight is 399 g/mol. The second-order valence-electron chi connectivity index (χ2n) is 9.25. The fourth-order valence-corrected chi connectivity index (χ4v) is 3.85. The zero-order valence-corrected chi connectivity index (χ0v) is 18.1. The number of carbonyl (C=O) groups excluding carboxylic acids is 2. The number of nitrogens with one attached hydrogen (secondary N) is 1. The van der Waals surface area contributed by atoms with E-state index in [0.29, 0.717) is 25.9 Å². The Kier molecular flexibility index (Phi) is 6.60. The first kappa shape index (κ1) is 21.3. The summed E-state index contributed by atoms with van der Waals surface area (Å²) >= 11 is 0. The van der Waals surface area contributed by atoms with Crippen molar-refractivity contribution >= 4 is 17.6 Å². The number of hydrogen-bond acceptors (Lipinski definition) is 4. The number of piperazine rings is 1. The van der Waals surface area contributed by atoms with Crippen LogP contribution in [0.3, 0.4) is 0 Å². The molecule has 1 aliphatic carbocycles. The molecule has 6 heteroatoms. The Morgan fingerprint density at radius 3 is 2.31 bits per heavy atom. The highest BCUT2D eigenvalue weighted by Crippen LogP contribution is 2.29. The monoisotopic (exact) mass is 398 g/mol. The molecule has 1 aliphatic heterocycles. The van der Waals surface area contributed by atoms with Gasteiger partial charge in [-0.1, -0.05) is 39.0 Å². The largest absolute Gasteiger partial charge is 0.353 e. The van der Waals surface area contributed by atoms with Crippen molar-refractivity contribution in [3.63, 3.8) is 0 Å². The van der Waals surface area contributed by atoms with Gasteiger partial charge < -0.3 is 15.1 Å². The lowest BCUT2D eigenvalue weighted by Gasteiger charge is -2.39. The van der Waals surface area contributed by atoms with Crippen molar-refractivity contribution in [3.05, 3.63) is 36.5 Å². The summed E-state index contributed by atoms with van der Waals surface area (Å²) in [7, 11) is 0. The molecule has 2 aliphatic rings. The number of hydrogen-bond donors (Lipinski definition) is 1. The van der Waals surface area contributed by atoms with Crippen LogP contribution in [0.2, 0.25) is 0 Å². The molecule has 0 saturated carbocycles. The van der Waals surface area contributed by atoms with Gasteiger partial charge in [-0.05, 0) is 37.3 Å². The SMILES string of the molecule is C[C@@H](NC(=O)C1CC=CCC1C(=O)N1CCN(c2ccccn2)CC1)C(C)(C)C. The molecule has 3 rings (SSSR count). The number of anilines is 1. The molecule has 1 saturated heterocycles. The molecule has 29 heavy (non-hydrogen) atoms. The maximum atomic E-state index is 13.3. The normalized spacial score (nSPS) is 23.6. The predicted molar refractivity (Wildman–Crippen MR) is 115 cm³/mol. The van der Waals surface area contributed by atoms with E-state index in [9.17, 15) is 9.59 Å². The first-order valence-corrected chi connectivity index (χ1v) is 10.7. The van der Waals surface area contributed by atoms with Crippen LogP contribution in [0.5, 0.6) is 0 Å². The van der Waals surface area contributed by atoms with Crippen molar-refractivity contribution in [2.24, 2.45) is 17.3 Å². The van der Waals surface area contributed by atoms with E-state index in [1.54, 1.807) is 6.20 Å². The predicted octanol–water partition coefficient (Wildman–Crippen LogP) is 2.86. The second-order valence-corrected chi connectivity index (χ2v) is 9.25. The maximum Gasteiger partial charge on any atom is 0.226 e. The summed E-state index contributed by atoms with van der Waals surface area (Å²) in [5, 5.41) is 3.15. The van der Waals surface area contributed by atoms with Gasteiger partial charge in [0.15, 0.2) is 0 Å². The maximum absolute atomic E-state index is 13.3. The van der Waals surface area contributed by atoms with E-state index in [-0.39, 0.29) is 35.1 Å². The summed E-state index contributed by atoms with van der Waals surface area (Å²) in [6, 6.07) is 5.94. The molecule has 2 amide bonds. The highest BCUT2D eigenvalue weighted by molar-refractivity contribution is 5.88. The number of pyridine rings is 1. The topological polar surface area (TPSA) is 65.5 Å². The fraction of sp³-hybridized carbons (Fsp3) is 0.609. The summed E-state index contributed by atoms with van der Waals surface area (Å²) in [6.45, 7) is 11.2. The summed E-state index contributed by atoms with van der Waals surface area (Å²) in [6.07, 6.45) is 7.15. The number of nitrogens with zero attached hydrogens (tertiary/aromatic N) is 3. The van der Waals surface area contributed by atoms with Crippen LogP contribution in [-0.2, 0) is 9.59 Å². The van der Waals surface area contributed by atoms with E-state index in [0.717, 1.165) is 18.9 Å². The molecule has 2 unspecified atom stereocenters. The van der Waals surface area contributed by atoms with Gasteiger partial charge in [0.25, 0.3) is 0 Å². The third-order valence-electron chi connectivity index (χ3n) is 6.31. The molecule has 6 nitrogen and oxygen atoms in total. The van der Waals surface area contributed by atoms with Crippen LogP contribution in [-0.4, -0.2) is 53.9 Å². The lowest BCUT2D eigenvalue weighted by atomic mass is 9.80. The van der Waals surface area contributed by atoms with Gasteiger partial charge in [0.05, 0.1) is 11.8 Å². The van der Waals surface area contributed by atoms with E-state index >= 15 is 0 Å². The Morgan fingerprint density at radius 2 is 1.72 bits per heavy atom. The molecule has 0 spiro atoms. The smallest absolute Gasteiger partial charge is 0.226 e. The van der Waals surface area contributed by atoms with E-state index in [2.05, 4.69) is 36.0 Å². The lowest BCUT2D eigenvalue weighted by molar-refractivity contribution is -0.142. The van der Waals surface area contributed by atoms with Gasteiger partial charge in [-0.25, -0.2) is 4.98 Å². The van der Waals surface area contributed by atoms with Crippen molar-refractivity contribution in [1.82, 2.24) is 15.2 Å². The van der Waals surface area contributed by atoms with Gasteiger partial charge >= 0.3 is 0 Å². The Hall–Kier alpha value is -2.37. The zero-order valence-electron chi connectivity index (χ0n) is 18.1. The first-order valence-electron chi connectivity index (χ1n) is 10.7. The molecule has 0 bridgehead atoms. The van der Waals surface area contributed by atoms with E-state index in [1.807, 2.05) is 42.2 Å². The van der Waals surface area contributed by atoms with Gasteiger partial charge in [0, 0.05) is 38.4 Å². The van der Waals surface area contributed by atoms with Crippen molar-refractivity contribution in [2.45, 2.75) is 46.6 Å². The fourth-order valence-electron chi connectivity index (χ4n) is 3.85. The average Bonchev–Trinajstić information content (AvgIpc) is 2.73. The second kappa shape index (κ2) is 8.97. The Labute approximate surface area is 174 Å². The summed E-state index contributed by atoms with van der Waals surface area (Å²) in [5.41, 5.74) is -0.0124. The van der Waals surface area contributed by atoms with Crippen LogP contribution in [0.4, 0.5) is 5.82 Å². The molecular weight excluding hydrogens is 364 g/mol. The molecule has 0 radical (unpaired) electrons. The van der Waals surface area contributed by atoms with Gasteiger partial charge in [-0.15, -0.1) is 0 Å². The van der Waals surface area contributed by atoms with Crippen molar-refractivity contribution < 1.29 is 9.59 Å². The molecule has 1 N–H and O–H groups in total. The van der Waals surface area contributed by atoms with Gasteiger partial charge in [0.1, 0.15) is 5.82 Å². The highest BCUT2D eigenvalue weighted by atomic mass is 16.2. The summed E-state index contributed by atoms with van der Waals surface area (Å²) < 4.78 is 0. The summed E-state index contributed by atoms with van der Waals surface area (Å²) in [4.78, 5) is 34.8. The number of rotatable bonds is 4. The molecule has 3 atom stereocenters. The van der Waals surface area contributed by atoms with Gasteiger partial charge in [-0.3, -0.25) is 9.59 Å². The summed E-state index contributed by atoms with van der Waals surface area (Å²) in [5.74, 6) is 0.508. The van der Waals surface area contributed by atoms with Crippen LogP contribution in [0, 0.1) is 17.3 Å². The minimum Gasteiger partial charge on any atom is -0.353 e. The molecule has 0 aromatic carbocycles. The van der Waals surface area contributed by atoms with E-state index in [1.165, 1.54) is 0 Å². The minimum atomic E-state index is -0.286. The number of amides is 2. The van der Waals surface area contributed by atoms with Crippen molar-refractivity contribution in [2.75, 3.05) is 31.1 Å². The quantitative estimate of drug-likeness (QED) is 0.792. The Morgan fingerprint density at radius 1 is 1.07 bits per heavy atom. The molecule has 1 aromatic heterocycles. The lowest BCUT2D eigenvalue weighted by Crippen LogP contribution is -2.53. The van der Waals surface area contributed by atoms with Crippen LogP contribution in [0.1, 0.15) is 40.5 Å². The van der Waals surface area contributed by atoms with Crippen LogP contribution in [0.15, 0.2) is 36.5 Å². The third kappa shape index (κ3) is 5.17. The van der Waals surface area contributed by atoms with Crippen LogP contribution >= 0.6 is 0 Å². The number of carbonyl (C=O) groups is 2. The highest BCUT2D eigenvalue weighted by Gasteiger charge is 2.38. The van der Waals surface area contributed by atoms with E-state index in [4.69, 9.17) is 0 Å². The standard InChI is InChI=1S/C23H34N4O2/c1-17(23(2,3)4)25-21(28)18-9-5-6-10-19(18)22(29)27-15-13-26(14-16-27)20-11-7-8-12-24-20/h5-8,11-12,17-19H,9-10,13-16H2,1-4H3,(H,25,28)/t17-,18?,19?/m1/s1. The minimum absolute atomic E-state index is 0.00208. The Balaban J connectivity index is 1.61.